The fourth-order valence-corrected chi connectivity index (χ4v) is 3.61. The molecule has 0 spiro atoms. The molecule has 0 unspecified atom stereocenters. The van der Waals surface area contributed by atoms with Crippen molar-refractivity contribution < 1.29 is 14.0 Å². The molecule has 1 aromatic heterocycles. The number of halogens is 1. The molecule has 1 saturated heterocycles. The van der Waals surface area contributed by atoms with Gasteiger partial charge in [0, 0.05) is 12.1 Å². The number of hydrogen-bond acceptors (Lipinski definition) is 6. The van der Waals surface area contributed by atoms with Crippen molar-refractivity contribution in [3.05, 3.63) is 62.0 Å². The van der Waals surface area contributed by atoms with E-state index in [2.05, 4.69) is 5.73 Å². The van der Waals surface area contributed by atoms with Crippen LogP contribution < -0.4 is 22.7 Å². The van der Waals surface area contributed by atoms with Crippen molar-refractivity contribution in [3.63, 3.8) is 0 Å². The first-order valence-corrected chi connectivity index (χ1v) is 10.1. The molecule has 9 nitrogen and oxygen atoms in total. The van der Waals surface area contributed by atoms with Gasteiger partial charge in [0.25, 0.3) is 5.56 Å². The lowest BCUT2D eigenvalue weighted by Crippen LogP contribution is -2.45. The Morgan fingerprint density at radius 3 is 2.32 bits per heavy atom. The summed E-state index contributed by atoms with van der Waals surface area (Å²) in [6.07, 6.45) is 3.40. The van der Waals surface area contributed by atoms with E-state index in [0.717, 1.165) is 41.5 Å². The van der Waals surface area contributed by atoms with Gasteiger partial charge in [0.05, 0.1) is 13.1 Å². The molecule has 3 rings (SSSR count). The van der Waals surface area contributed by atoms with Gasteiger partial charge in [-0.05, 0) is 38.9 Å². The van der Waals surface area contributed by atoms with E-state index in [1.807, 2.05) is 4.90 Å². The van der Waals surface area contributed by atoms with Crippen molar-refractivity contribution >= 4 is 18.0 Å². The van der Waals surface area contributed by atoms with Gasteiger partial charge < -0.3 is 11.5 Å². The van der Waals surface area contributed by atoms with E-state index in [4.69, 9.17) is 10.5 Å². The molecule has 0 aliphatic carbocycles. The molecule has 0 saturated carbocycles. The zero-order valence-electron chi connectivity index (χ0n) is 17.6. The second kappa shape index (κ2) is 11.2. The number of amides is 1. The number of nitrogens with two attached hydrogens (primary N) is 2. The second-order valence-corrected chi connectivity index (χ2v) is 7.17. The number of nitrogen functional groups attached to an aromatic ring is 1. The van der Waals surface area contributed by atoms with Gasteiger partial charge in [0.1, 0.15) is 17.2 Å². The van der Waals surface area contributed by atoms with Gasteiger partial charge in [-0.3, -0.25) is 28.4 Å². The van der Waals surface area contributed by atoms with Crippen molar-refractivity contribution in [3.8, 4) is 0 Å². The Bertz CT molecular complexity index is 1040. The van der Waals surface area contributed by atoms with Crippen LogP contribution in [0.3, 0.4) is 0 Å². The number of carbonyl (C=O) groups is 2. The predicted molar refractivity (Wildman–Crippen MR) is 115 cm³/mol. The Hall–Kier alpha value is -3.27. The number of carbonyl (C=O) groups excluding carboxylic acids is 2. The SMILES string of the molecule is CCn1c(=O)c(C(=O)CN2CCCCC2)c(N)n(Cc2ccccc2F)c1=O.NC=O. The van der Waals surface area contributed by atoms with E-state index in [-0.39, 0.29) is 43.0 Å². The highest BCUT2D eigenvalue weighted by molar-refractivity contribution is 6.01. The number of primary amides is 1. The highest BCUT2D eigenvalue weighted by atomic mass is 19.1. The van der Waals surface area contributed by atoms with Gasteiger partial charge in [-0.1, -0.05) is 24.6 Å². The number of piperidine rings is 1. The fraction of sp³-hybridized carbons (Fsp3) is 0.429. The molecular weight excluding hydrogens is 405 g/mol. The number of nitrogens with zero attached hydrogens (tertiary/aromatic N) is 3. The number of Topliss-reactive ketones (excluding diaryl/α,β-unsaturated/α-hetero) is 1. The summed E-state index contributed by atoms with van der Waals surface area (Å²) in [7, 11) is 0. The maximum absolute atomic E-state index is 14.1. The summed E-state index contributed by atoms with van der Waals surface area (Å²) >= 11 is 0. The summed E-state index contributed by atoms with van der Waals surface area (Å²) in [5, 5.41) is 0. The van der Waals surface area contributed by atoms with Crippen LogP contribution in [-0.4, -0.2) is 45.9 Å². The monoisotopic (exact) mass is 433 g/mol. The molecule has 2 aromatic rings. The third-order valence-corrected chi connectivity index (χ3v) is 5.17. The zero-order chi connectivity index (χ0) is 23.0. The molecule has 1 aliphatic heterocycles. The number of likely N-dealkylation sites (tertiary alicyclic amines) is 1. The maximum Gasteiger partial charge on any atom is 0.332 e. The van der Waals surface area contributed by atoms with E-state index in [9.17, 15) is 18.8 Å². The first-order valence-electron chi connectivity index (χ1n) is 10.1. The first kappa shape index (κ1) is 24.0. The minimum Gasteiger partial charge on any atom is -0.384 e. The highest BCUT2D eigenvalue weighted by Crippen LogP contribution is 2.14. The summed E-state index contributed by atoms with van der Waals surface area (Å²) in [6.45, 7) is 3.26. The van der Waals surface area contributed by atoms with Crippen molar-refractivity contribution in [2.75, 3.05) is 25.4 Å². The fourth-order valence-electron chi connectivity index (χ4n) is 3.61. The van der Waals surface area contributed by atoms with Crippen molar-refractivity contribution in [1.29, 1.82) is 0 Å². The van der Waals surface area contributed by atoms with Crippen LogP contribution in [0.25, 0.3) is 0 Å². The van der Waals surface area contributed by atoms with Crippen molar-refractivity contribution in [2.24, 2.45) is 5.73 Å². The molecule has 1 aromatic carbocycles. The van der Waals surface area contributed by atoms with E-state index in [1.165, 1.54) is 12.1 Å². The third-order valence-electron chi connectivity index (χ3n) is 5.17. The average Bonchev–Trinajstić information content (AvgIpc) is 2.74. The van der Waals surface area contributed by atoms with Crippen LogP contribution in [0.1, 0.15) is 42.1 Å². The molecule has 0 radical (unpaired) electrons. The molecular formula is C21H28FN5O4. The smallest absolute Gasteiger partial charge is 0.332 e. The molecule has 4 N–H and O–H groups in total. The summed E-state index contributed by atoms with van der Waals surface area (Å²) in [6, 6.07) is 6.02. The molecule has 0 bridgehead atoms. The lowest BCUT2D eigenvalue weighted by atomic mass is 10.1. The Labute approximate surface area is 179 Å². The maximum atomic E-state index is 14.1. The van der Waals surface area contributed by atoms with Crippen molar-refractivity contribution in [1.82, 2.24) is 14.0 Å². The molecule has 1 aliphatic rings. The molecule has 168 valence electrons. The topological polar surface area (TPSA) is 133 Å². The zero-order valence-corrected chi connectivity index (χ0v) is 17.6. The second-order valence-electron chi connectivity index (χ2n) is 7.17. The number of ketones is 1. The number of anilines is 1. The first-order chi connectivity index (χ1) is 14.8. The number of benzene rings is 1. The average molecular weight is 433 g/mol. The van der Waals surface area contributed by atoms with Gasteiger partial charge in [-0.15, -0.1) is 0 Å². The van der Waals surface area contributed by atoms with E-state index < -0.39 is 22.8 Å². The molecule has 1 amide bonds. The third kappa shape index (κ3) is 5.66. The standard InChI is InChI=1S/C20H25FN4O3.CH3NO/c1-2-24-19(27)17(16(26)13-23-10-6-3-7-11-23)18(22)25(20(24)28)12-14-8-4-5-9-15(14)21;2-1-3/h4-5,8-9H,2-3,6-7,10-13,22H2,1H3;1H,(H2,2,3). The van der Waals surface area contributed by atoms with E-state index in [1.54, 1.807) is 19.1 Å². The lowest BCUT2D eigenvalue weighted by molar-refractivity contribution is -0.106. The molecule has 10 heteroatoms. The normalized spacial score (nSPS) is 13.9. The Morgan fingerprint density at radius 2 is 1.74 bits per heavy atom. The molecule has 0 atom stereocenters. The quantitative estimate of drug-likeness (QED) is 0.505. The van der Waals surface area contributed by atoms with Gasteiger partial charge in [0.15, 0.2) is 5.78 Å². The number of aromatic nitrogens is 2. The van der Waals surface area contributed by atoms with Crippen LogP contribution in [0.4, 0.5) is 10.2 Å². The Kier molecular flexibility index (Phi) is 8.68. The Balaban J connectivity index is 0.00000107. The highest BCUT2D eigenvalue weighted by Gasteiger charge is 2.24. The van der Waals surface area contributed by atoms with Crippen LogP contribution in [0.15, 0.2) is 33.9 Å². The van der Waals surface area contributed by atoms with Gasteiger partial charge in [0.2, 0.25) is 6.41 Å². The van der Waals surface area contributed by atoms with Crippen LogP contribution in [-0.2, 0) is 17.9 Å². The van der Waals surface area contributed by atoms with E-state index in [0.29, 0.717) is 0 Å². The number of rotatable bonds is 6. The molecule has 1 fully saturated rings. The van der Waals surface area contributed by atoms with Crippen molar-refractivity contribution in [2.45, 2.75) is 39.3 Å². The van der Waals surface area contributed by atoms with Crippen LogP contribution in [0.5, 0.6) is 0 Å². The lowest BCUT2D eigenvalue weighted by Gasteiger charge is -2.26. The molecule has 31 heavy (non-hydrogen) atoms. The van der Waals surface area contributed by atoms with Crippen LogP contribution in [0, 0.1) is 5.82 Å². The predicted octanol–water partition coefficient (Wildman–Crippen LogP) is 0.570. The number of hydrogen-bond donors (Lipinski definition) is 2. The van der Waals surface area contributed by atoms with Crippen LogP contribution in [0.2, 0.25) is 0 Å². The minimum atomic E-state index is -0.684. The summed E-state index contributed by atoms with van der Waals surface area (Å²) in [5.41, 5.74) is 9.00. The van der Waals surface area contributed by atoms with Gasteiger partial charge >= 0.3 is 5.69 Å². The van der Waals surface area contributed by atoms with E-state index >= 15 is 0 Å². The summed E-state index contributed by atoms with van der Waals surface area (Å²) < 4.78 is 16.1. The molecule has 2 heterocycles. The largest absolute Gasteiger partial charge is 0.384 e. The summed E-state index contributed by atoms with van der Waals surface area (Å²) in [5.74, 6) is -1.09. The van der Waals surface area contributed by atoms with Gasteiger partial charge in [-0.2, -0.15) is 0 Å². The minimum absolute atomic E-state index is 0.0844. The summed E-state index contributed by atoms with van der Waals surface area (Å²) in [4.78, 5) is 48.9. The van der Waals surface area contributed by atoms with Gasteiger partial charge in [-0.25, -0.2) is 9.18 Å². The van der Waals surface area contributed by atoms with Crippen LogP contribution >= 0.6 is 0 Å². The Morgan fingerprint density at radius 1 is 1.13 bits per heavy atom.